The van der Waals surface area contributed by atoms with Crippen LogP contribution in [0.25, 0.3) is 0 Å². The zero-order valence-corrected chi connectivity index (χ0v) is 9.91. The number of hydrogen-bond acceptors (Lipinski definition) is 3. The lowest BCUT2D eigenvalue weighted by atomic mass is 10.1. The van der Waals surface area contributed by atoms with Crippen LogP contribution in [0.15, 0.2) is 6.07 Å². The highest BCUT2D eigenvalue weighted by Crippen LogP contribution is 2.17. The van der Waals surface area contributed by atoms with Crippen molar-refractivity contribution in [3.8, 4) is 0 Å². The summed E-state index contributed by atoms with van der Waals surface area (Å²) in [5, 5.41) is 4.68. The minimum atomic E-state index is -0.321. The summed E-state index contributed by atoms with van der Waals surface area (Å²) in [5.74, 6) is -0.0243. The molecule has 0 radical (unpaired) electrons. The van der Waals surface area contributed by atoms with Gasteiger partial charge in [0.2, 0.25) is 0 Å². The van der Waals surface area contributed by atoms with E-state index in [1.54, 1.807) is 13.0 Å². The maximum atomic E-state index is 11.2. The molecule has 0 spiro atoms. The molecule has 0 aliphatic rings. The van der Waals surface area contributed by atoms with Crippen molar-refractivity contribution in [2.45, 2.75) is 33.2 Å². The van der Waals surface area contributed by atoms with E-state index >= 15 is 0 Å². The van der Waals surface area contributed by atoms with E-state index in [0.717, 1.165) is 5.69 Å². The maximum absolute atomic E-state index is 11.2. The number of ether oxygens (including phenoxy) is 1. The van der Waals surface area contributed by atoms with Crippen molar-refractivity contribution in [2.24, 2.45) is 0 Å². The zero-order valence-electron chi connectivity index (χ0n) is 9.16. The predicted octanol–water partition coefficient (Wildman–Crippen LogP) is 2.22. The van der Waals surface area contributed by atoms with Crippen molar-refractivity contribution in [1.82, 2.24) is 9.78 Å². The van der Waals surface area contributed by atoms with Gasteiger partial charge in [-0.1, -0.05) is 25.4 Å². The lowest BCUT2D eigenvalue weighted by Crippen LogP contribution is -2.14. The van der Waals surface area contributed by atoms with Gasteiger partial charge in [0.05, 0.1) is 12.3 Å². The fraction of sp³-hybridized carbons (Fsp3) is 0.600. The van der Waals surface area contributed by atoms with Gasteiger partial charge < -0.3 is 4.74 Å². The SMILES string of the molecule is CCOC(=O)Cn1nc(C(C)C)cc1Cl. The molecule has 0 fully saturated rings. The number of esters is 1. The van der Waals surface area contributed by atoms with E-state index in [1.165, 1.54) is 4.68 Å². The quantitative estimate of drug-likeness (QED) is 0.745. The third-order valence-corrected chi connectivity index (χ3v) is 2.23. The second-order valence-electron chi connectivity index (χ2n) is 3.51. The van der Waals surface area contributed by atoms with Crippen molar-refractivity contribution in [3.05, 3.63) is 16.9 Å². The van der Waals surface area contributed by atoms with Crippen molar-refractivity contribution < 1.29 is 9.53 Å². The first-order chi connectivity index (χ1) is 7.04. The third kappa shape index (κ3) is 3.23. The van der Waals surface area contributed by atoms with Gasteiger partial charge in [-0.3, -0.25) is 4.79 Å². The summed E-state index contributed by atoms with van der Waals surface area (Å²) >= 11 is 5.93. The van der Waals surface area contributed by atoms with Gasteiger partial charge in [0.1, 0.15) is 11.7 Å². The topological polar surface area (TPSA) is 44.1 Å². The number of halogens is 1. The first-order valence-corrected chi connectivity index (χ1v) is 5.31. The zero-order chi connectivity index (χ0) is 11.4. The Kier molecular flexibility index (Phi) is 4.15. The lowest BCUT2D eigenvalue weighted by molar-refractivity contribution is -0.144. The molecule has 0 bridgehead atoms. The van der Waals surface area contributed by atoms with Gasteiger partial charge in [-0.15, -0.1) is 0 Å². The Morgan fingerprint density at radius 3 is 2.80 bits per heavy atom. The van der Waals surface area contributed by atoms with Gasteiger partial charge >= 0.3 is 5.97 Å². The number of carbonyl (C=O) groups excluding carboxylic acids is 1. The van der Waals surface area contributed by atoms with Crippen LogP contribution < -0.4 is 0 Å². The first kappa shape index (κ1) is 12.0. The van der Waals surface area contributed by atoms with Crippen LogP contribution >= 0.6 is 11.6 Å². The van der Waals surface area contributed by atoms with Gasteiger partial charge in [0, 0.05) is 0 Å². The van der Waals surface area contributed by atoms with Crippen LogP contribution in [0.2, 0.25) is 5.15 Å². The summed E-state index contributed by atoms with van der Waals surface area (Å²) in [4.78, 5) is 11.2. The second-order valence-corrected chi connectivity index (χ2v) is 3.90. The van der Waals surface area contributed by atoms with E-state index in [0.29, 0.717) is 17.7 Å². The molecule has 5 heteroatoms. The third-order valence-electron chi connectivity index (χ3n) is 1.93. The van der Waals surface area contributed by atoms with Crippen LogP contribution in [0.3, 0.4) is 0 Å². The maximum Gasteiger partial charge on any atom is 0.327 e. The summed E-state index contributed by atoms with van der Waals surface area (Å²) in [5.41, 5.74) is 0.879. The number of hydrogen-bond donors (Lipinski definition) is 0. The molecule has 0 saturated carbocycles. The van der Waals surface area contributed by atoms with Crippen LogP contribution in [-0.2, 0) is 16.1 Å². The highest BCUT2D eigenvalue weighted by atomic mass is 35.5. The van der Waals surface area contributed by atoms with Gasteiger partial charge in [-0.2, -0.15) is 5.10 Å². The molecule has 1 aromatic rings. The minimum absolute atomic E-state index is 0.0688. The van der Waals surface area contributed by atoms with E-state index in [-0.39, 0.29) is 12.5 Å². The highest BCUT2D eigenvalue weighted by Gasteiger charge is 2.12. The van der Waals surface area contributed by atoms with Crippen LogP contribution in [0.5, 0.6) is 0 Å². The Labute approximate surface area is 94.2 Å². The number of carbonyl (C=O) groups is 1. The molecule has 0 N–H and O–H groups in total. The van der Waals surface area contributed by atoms with Gasteiger partial charge in [-0.25, -0.2) is 4.68 Å². The van der Waals surface area contributed by atoms with Gasteiger partial charge in [0.25, 0.3) is 0 Å². The van der Waals surface area contributed by atoms with Crippen LogP contribution in [0.4, 0.5) is 0 Å². The second kappa shape index (κ2) is 5.16. The van der Waals surface area contributed by atoms with Crippen LogP contribution in [0.1, 0.15) is 32.4 Å². The minimum Gasteiger partial charge on any atom is -0.465 e. The molecule has 1 aromatic heterocycles. The summed E-state index contributed by atoms with van der Waals surface area (Å²) in [6.07, 6.45) is 0. The van der Waals surface area contributed by atoms with E-state index in [1.807, 2.05) is 13.8 Å². The Hall–Kier alpha value is -1.03. The van der Waals surface area contributed by atoms with Crippen LogP contribution in [0, 0.1) is 0 Å². The van der Waals surface area contributed by atoms with Crippen molar-refractivity contribution in [3.63, 3.8) is 0 Å². The molecule has 4 nitrogen and oxygen atoms in total. The molecule has 15 heavy (non-hydrogen) atoms. The molecular formula is C10H15ClN2O2. The Morgan fingerprint density at radius 2 is 2.33 bits per heavy atom. The Bertz CT molecular complexity index is 347. The predicted molar refractivity (Wildman–Crippen MR) is 58.0 cm³/mol. The largest absolute Gasteiger partial charge is 0.465 e. The molecule has 0 saturated heterocycles. The van der Waals surface area contributed by atoms with Crippen molar-refractivity contribution >= 4 is 17.6 Å². The smallest absolute Gasteiger partial charge is 0.327 e. The standard InChI is InChI=1S/C10H15ClN2O2/c1-4-15-10(14)6-13-9(11)5-8(12-13)7(2)3/h5,7H,4,6H2,1-3H3. The fourth-order valence-electron chi connectivity index (χ4n) is 1.13. The van der Waals surface area contributed by atoms with Crippen molar-refractivity contribution in [1.29, 1.82) is 0 Å². The summed E-state index contributed by atoms with van der Waals surface area (Å²) < 4.78 is 6.27. The summed E-state index contributed by atoms with van der Waals surface area (Å²) in [7, 11) is 0. The first-order valence-electron chi connectivity index (χ1n) is 4.93. The molecule has 84 valence electrons. The van der Waals surface area contributed by atoms with Crippen LogP contribution in [-0.4, -0.2) is 22.4 Å². The normalized spacial score (nSPS) is 10.7. The Balaban J connectivity index is 2.73. The van der Waals surface area contributed by atoms with Gasteiger partial charge in [0.15, 0.2) is 0 Å². The molecular weight excluding hydrogens is 216 g/mol. The number of rotatable bonds is 4. The summed E-state index contributed by atoms with van der Waals surface area (Å²) in [6.45, 7) is 6.25. The molecule has 0 aliphatic heterocycles. The molecule has 0 unspecified atom stereocenters. The average Bonchev–Trinajstić information content (AvgIpc) is 2.48. The molecule has 0 aliphatic carbocycles. The molecule has 0 amide bonds. The van der Waals surface area contributed by atoms with E-state index in [2.05, 4.69) is 5.10 Å². The molecule has 1 rings (SSSR count). The monoisotopic (exact) mass is 230 g/mol. The number of aromatic nitrogens is 2. The fourth-order valence-corrected chi connectivity index (χ4v) is 1.34. The highest BCUT2D eigenvalue weighted by molar-refractivity contribution is 6.29. The van der Waals surface area contributed by atoms with E-state index < -0.39 is 0 Å². The number of nitrogens with zero attached hydrogens (tertiary/aromatic N) is 2. The molecule has 0 atom stereocenters. The molecule has 0 aromatic carbocycles. The van der Waals surface area contributed by atoms with E-state index in [9.17, 15) is 4.79 Å². The van der Waals surface area contributed by atoms with Gasteiger partial charge in [-0.05, 0) is 18.9 Å². The molecule has 1 heterocycles. The lowest BCUT2D eigenvalue weighted by Gasteiger charge is -2.03. The Morgan fingerprint density at radius 1 is 1.67 bits per heavy atom. The average molecular weight is 231 g/mol. The summed E-state index contributed by atoms with van der Waals surface area (Å²) in [6, 6.07) is 1.77. The van der Waals surface area contributed by atoms with E-state index in [4.69, 9.17) is 16.3 Å². The van der Waals surface area contributed by atoms with Crippen molar-refractivity contribution in [2.75, 3.05) is 6.61 Å².